The van der Waals surface area contributed by atoms with E-state index in [2.05, 4.69) is 11.3 Å². The van der Waals surface area contributed by atoms with Gasteiger partial charge in [-0.05, 0) is 19.1 Å². The topological polar surface area (TPSA) is 122 Å². The number of nitrogens with zero attached hydrogens (tertiary/aromatic N) is 1. The molecule has 0 heterocycles. The van der Waals surface area contributed by atoms with Gasteiger partial charge in [0.2, 0.25) is 6.04 Å². The first kappa shape index (κ1) is 20.8. The first-order chi connectivity index (χ1) is 12.3. The zero-order valence-corrected chi connectivity index (χ0v) is 14.4. The largest absolute Gasteiger partial charge is 0.468 e. The summed E-state index contributed by atoms with van der Waals surface area (Å²) in [6.07, 6.45) is -0.547. The molecule has 1 aromatic carbocycles. The Bertz CT molecular complexity index is 685. The Morgan fingerprint density at radius 1 is 1.19 bits per heavy atom. The van der Waals surface area contributed by atoms with Crippen LogP contribution in [-0.2, 0) is 23.9 Å². The smallest absolute Gasteiger partial charge is 0.333 e. The van der Waals surface area contributed by atoms with E-state index in [1.54, 1.807) is 18.2 Å². The van der Waals surface area contributed by atoms with E-state index in [-0.39, 0.29) is 11.3 Å². The highest BCUT2D eigenvalue weighted by molar-refractivity contribution is 5.95. The maximum Gasteiger partial charge on any atom is 0.333 e. The SMILES string of the molecule is C=C(C)C(=O)OCC(CC(C(=O)OC)C(=O)Oc1ccccc1)[N+](=O)[O-]. The Morgan fingerprint density at radius 3 is 2.31 bits per heavy atom. The molecule has 0 aliphatic carbocycles. The third-order valence-corrected chi connectivity index (χ3v) is 3.29. The Hall–Kier alpha value is -3.23. The van der Waals surface area contributed by atoms with Crippen LogP contribution in [0.4, 0.5) is 0 Å². The van der Waals surface area contributed by atoms with Crippen molar-refractivity contribution in [2.75, 3.05) is 13.7 Å². The molecule has 0 aliphatic heterocycles. The number of rotatable bonds is 9. The van der Waals surface area contributed by atoms with E-state index < -0.39 is 47.8 Å². The minimum absolute atomic E-state index is 0.0695. The molecule has 0 fully saturated rings. The Kier molecular flexibility index (Phi) is 7.94. The molecule has 0 radical (unpaired) electrons. The predicted molar refractivity (Wildman–Crippen MR) is 88.8 cm³/mol. The van der Waals surface area contributed by atoms with Crippen LogP contribution in [0.15, 0.2) is 42.5 Å². The van der Waals surface area contributed by atoms with Gasteiger partial charge in [-0.15, -0.1) is 0 Å². The standard InChI is InChI=1S/C17H19NO8/c1-11(2)15(19)25-10-12(18(22)23)9-14(16(20)24-3)17(21)26-13-7-5-4-6-8-13/h4-8,12,14H,1,9-10H2,2-3H3. The van der Waals surface area contributed by atoms with Gasteiger partial charge in [0.1, 0.15) is 5.75 Å². The second kappa shape index (κ2) is 9.92. The average Bonchev–Trinajstić information content (AvgIpc) is 2.61. The maximum absolute atomic E-state index is 12.2. The highest BCUT2D eigenvalue weighted by Crippen LogP contribution is 2.17. The number of ether oxygens (including phenoxy) is 3. The van der Waals surface area contributed by atoms with Gasteiger partial charge in [-0.25, -0.2) is 4.79 Å². The third kappa shape index (κ3) is 6.34. The molecule has 0 aromatic heterocycles. The molecular formula is C17H19NO8. The van der Waals surface area contributed by atoms with Gasteiger partial charge in [0.05, 0.1) is 7.11 Å². The van der Waals surface area contributed by atoms with Gasteiger partial charge >= 0.3 is 17.9 Å². The molecule has 9 heteroatoms. The summed E-state index contributed by atoms with van der Waals surface area (Å²) in [5, 5.41) is 11.2. The third-order valence-electron chi connectivity index (χ3n) is 3.29. The van der Waals surface area contributed by atoms with Gasteiger partial charge in [-0.1, -0.05) is 24.8 Å². The van der Waals surface area contributed by atoms with Crippen LogP contribution >= 0.6 is 0 Å². The molecule has 2 atom stereocenters. The van der Waals surface area contributed by atoms with E-state index in [1.807, 2.05) is 0 Å². The predicted octanol–water partition coefficient (Wildman–Crippen LogP) is 1.54. The number of nitro groups is 1. The molecule has 140 valence electrons. The average molecular weight is 365 g/mol. The zero-order valence-electron chi connectivity index (χ0n) is 14.4. The highest BCUT2D eigenvalue weighted by atomic mass is 16.6. The van der Waals surface area contributed by atoms with Crippen LogP contribution in [-0.4, -0.2) is 42.6 Å². The summed E-state index contributed by atoms with van der Waals surface area (Å²) in [6, 6.07) is 6.43. The van der Waals surface area contributed by atoms with Crippen molar-refractivity contribution in [3.63, 3.8) is 0 Å². The monoisotopic (exact) mass is 365 g/mol. The van der Waals surface area contributed by atoms with Crippen LogP contribution in [0.2, 0.25) is 0 Å². The van der Waals surface area contributed by atoms with Crippen molar-refractivity contribution in [1.29, 1.82) is 0 Å². The quantitative estimate of drug-likeness (QED) is 0.161. The van der Waals surface area contributed by atoms with Gasteiger partial charge in [0, 0.05) is 16.9 Å². The first-order valence-electron chi connectivity index (χ1n) is 7.57. The normalized spacial score (nSPS) is 12.4. The van der Waals surface area contributed by atoms with E-state index >= 15 is 0 Å². The molecule has 26 heavy (non-hydrogen) atoms. The van der Waals surface area contributed by atoms with Crippen molar-refractivity contribution < 1.29 is 33.5 Å². The second-order valence-electron chi connectivity index (χ2n) is 5.36. The van der Waals surface area contributed by atoms with Crippen LogP contribution < -0.4 is 4.74 Å². The van der Waals surface area contributed by atoms with Gasteiger partial charge in [0.25, 0.3) is 0 Å². The molecule has 1 rings (SSSR count). The fourth-order valence-electron chi connectivity index (χ4n) is 1.89. The van der Waals surface area contributed by atoms with E-state index in [1.165, 1.54) is 19.1 Å². The molecular weight excluding hydrogens is 346 g/mol. The summed E-state index contributed by atoms with van der Waals surface area (Å²) in [7, 11) is 1.05. The summed E-state index contributed by atoms with van der Waals surface area (Å²) >= 11 is 0. The van der Waals surface area contributed by atoms with E-state index in [4.69, 9.17) is 9.47 Å². The van der Waals surface area contributed by atoms with Crippen LogP contribution in [0.3, 0.4) is 0 Å². The van der Waals surface area contributed by atoms with Crippen molar-refractivity contribution in [3.8, 4) is 5.75 Å². The van der Waals surface area contributed by atoms with Crippen molar-refractivity contribution in [2.24, 2.45) is 5.92 Å². The van der Waals surface area contributed by atoms with Crippen LogP contribution in [0.1, 0.15) is 13.3 Å². The lowest BCUT2D eigenvalue weighted by Gasteiger charge is -2.16. The molecule has 9 nitrogen and oxygen atoms in total. The number of methoxy groups -OCH3 is 1. The second-order valence-corrected chi connectivity index (χ2v) is 5.36. The van der Waals surface area contributed by atoms with Gasteiger partial charge < -0.3 is 14.2 Å². The number of benzene rings is 1. The number of esters is 3. The number of para-hydroxylation sites is 1. The van der Waals surface area contributed by atoms with Gasteiger partial charge in [-0.3, -0.25) is 19.7 Å². The lowest BCUT2D eigenvalue weighted by molar-refractivity contribution is -0.527. The minimum atomic E-state index is -1.54. The van der Waals surface area contributed by atoms with E-state index in [9.17, 15) is 24.5 Å². The number of hydrogen-bond acceptors (Lipinski definition) is 8. The van der Waals surface area contributed by atoms with Crippen LogP contribution in [0.5, 0.6) is 5.75 Å². The summed E-state index contributed by atoms with van der Waals surface area (Å²) in [4.78, 5) is 46.0. The van der Waals surface area contributed by atoms with Crippen molar-refractivity contribution in [1.82, 2.24) is 0 Å². The summed E-state index contributed by atoms with van der Waals surface area (Å²) in [5.41, 5.74) is 0.0695. The lowest BCUT2D eigenvalue weighted by atomic mass is 10.0. The molecule has 1 aromatic rings. The molecule has 0 amide bonds. The van der Waals surface area contributed by atoms with E-state index in [0.29, 0.717) is 0 Å². The summed E-state index contributed by atoms with van der Waals surface area (Å²) in [6.45, 7) is 4.13. The highest BCUT2D eigenvalue weighted by Gasteiger charge is 2.37. The molecule has 0 spiro atoms. The van der Waals surface area contributed by atoms with Crippen LogP contribution in [0, 0.1) is 16.0 Å². The Balaban J connectivity index is 2.87. The first-order valence-corrected chi connectivity index (χ1v) is 7.57. The zero-order chi connectivity index (χ0) is 19.7. The number of carbonyl (C=O) groups excluding carboxylic acids is 3. The number of carbonyl (C=O) groups is 3. The molecule has 0 saturated heterocycles. The Morgan fingerprint density at radius 2 is 1.81 bits per heavy atom. The molecule has 0 aliphatic rings. The van der Waals surface area contributed by atoms with Crippen molar-refractivity contribution >= 4 is 17.9 Å². The maximum atomic E-state index is 12.2. The van der Waals surface area contributed by atoms with Crippen LogP contribution in [0.25, 0.3) is 0 Å². The molecule has 0 saturated carbocycles. The summed E-state index contributed by atoms with van der Waals surface area (Å²) < 4.78 is 14.3. The minimum Gasteiger partial charge on any atom is -0.468 e. The molecule has 0 N–H and O–H groups in total. The van der Waals surface area contributed by atoms with E-state index in [0.717, 1.165) is 7.11 Å². The molecule has 0 bridgehead atoms. The van der Waals surface area contributed by atoms with Gasteiger partial charge in [0.15, 0.2) is 12.5 Å². The lowest BCUT2D eigenvalue weighted by Crippen LogP contribution is -2.37. The van der Waals surface area contributed by atoms with Crippen molar-refractivity contribution in [3.05, 3.63) is 52.6 Å². The Labute approximate surface area is 149 Å². The fraction of sp³-hybridized carbons (Fsp3) is 0.353. The fourth-order valence-corrected chi connectivity index (χ4v) is 1.89. The molecule has 2 unspecified atom stereocenters. The summed E-state index contributed by atoms with van der Waals surface area (Å²) in [5.74, 6) is -4.15. The number of hydrogen-bond donors (Lipinski definition) is 0. The van der Waals surface area contributed by atoms with Crippen molar-refractivity contribution in [2.45, 2.75) is 19.4 Å². The van der Waals surface area contributed by atoms with Gasteiger partial charge in [-0.2, -0.15) is 0 Å².